The number of aromatic nitrogens is 5. The second-order valence-corrected chi connectivity index (χ2v) is 10.6. The van der Waals surface area contributed by atoms with Gasteiger partial charge in [-0.2, -0.15) is 10.4 Å². The van der Waals surface area contributed by atoms with E-state index in [0.717, 1.165) is 77.1 Å². The van der Waals surface area contributed by atoms with Gasteiger partial charge >= 0.3 is 0 Å². The number of pyridine rings is 1. The number of ether oxygens (including phenoxy) is 1. The number of hydrogen-bond donors (Lipinski definition) is 2. The van der Waals surface area contributed by atoms with Gasteiger partial charge in [0, 0.05) is 50.0 Å². The van der Waals surface area contributed by atoms with Gasteiger partial charge in [0.25, 0.3) is 0 Å². The predicted molar refractivity (Wildman–Crippen MR) is 139 cm³/mol. The van der Waals surface area contributed by atoms with Crippen LogP contribution in [0.2, 0.25) is 0 Å². The first-order valence-corrected chi connectivity index (χ1v) is 13.2. The minimum absolute atomic E-state index is 0.00728. The molecule has 6 rings (SSSR count). The summed E-state index contributed by atoms with van der Waals surface area (Å²) in [6.07, 6.45) is 7.05. The lowest BCUT2D eigenvalue weighted by molar-refractivity contribution is -0.120. The topological polar surface area (TPSA) is 130 Å². The molecule has 1 amide bonds. The van der Waals surface area contributed by atoms with Crippen molar-refractivity contribution in [1.29, 1.82) is 5.26 Å². The molecule has 1 aliphatic carbocycles. The molecule has 1 saturated carbocycles. The second-order valence-electron chi connectivity index (χ2n) is 9.57. The largest absolute Gasteiger partial charge is 0.381 e. The number of nitrogens with one attached hydrogen (secondary N) is 2. The molecule has 0 atom stereocenters. The van der Waals surface area contributed by atoms with Gasteiger partial charge in [0.1, 0.15) is 11.1 Å². The standard InChI is InChI=1S/C26H26N8O2S/c1-15(35)30-19-9-17(10-19)25-32-33-26(37-25)21-14-28-23(11-22(21)31-18-4-6-36-7-5-18)24-3-2-20-8-16(12-27)13-29-34(20)24/h2-3,8,11,13-14,17-19H,4-7,9-10H2,1H3,(H,28,31)(H,30,35)/t17-,19-. The summed E-state index contributed by atoms with van der Waals surface area (Å²) in [4.78, 5) is 16.1. The van der Waals surface area contributed by atoms with Crippen molar-refractivity contribution < 1.29 is 9.53 Å². The van der Waals surface area contributed by atoms with E-state index in [2.05, 4.69) is 32.0 Å². The Morgan fingerprint density at radius 1 is 1.16 bits per heavy atom. The number of hydrogen-bond acceptors (Lipinski definition) is 9. The van der Waals surface area contributed by atoms with E-state index in [1.165, 1.54) is 0 Å². The third-order valence-electron chi connectivity index (χ3n) is 6.94. The smallest absolute Gasteiger partial charge is 0.217 e. The maximum atomic E-state index is 11.3. The lowest BCUT2D eigenvalue weighted by atomic mass is 9.81. The number of carbonyl (C=O) groups is 1. The Hall–Kier alpha value is -3.88. The van der Waals surface area contributed by atoms with E-state index in [-0.39, 0.29) is 11.9 Å². The summed E-state index contributed by atoms with van der Waals surface area (Å²) in [5, 5.41) is 31.2. The molecular formula is C26H26N8O2S. The van der Waals surface area contributed by atoms with Crippen LogP contribution in [-0.4, -0.2) is 56.0 Å². The maximum absolute atomic E-state index is 11.3. The lowest BCUT2D eigenvalue weighted by Crippen LogP contribution is -2.42. The molecule has 5 heterocycles. The van der Waals surface area contributed by atoms with Crippen LogP contribution in [0.4, 0.5) is 5.69 Å². The summed E-state index contributed by atoms with van der Waals surface area (Å²) in [6, 6.07) is 10.4. The van der Waals surface area contributed by atoms with Crippen LogP contribution >= 0.6 is 11.3 Å². The van der Waals surface area contributed by atoms with Gasteiger partial charge in [-0.3, -0.25) is 9.78 Å². The van der Waals surface area contributed by atoms with Crippen molar-refractivity contribution in [3.63, 3.8) is 0 Å². The number of nitrogens with zero attached hydrogens (tertiary/aromatic N) is 6. The number of carbonyl (C=O) groups excluding carboxylic acids is 1. The fraction of sp³-hybridized carbons (Fsp3) is 0.385. The van der Waals surface area contributed by atoms with E-state index < -0.39 is 0 Å². The van der Waals surface area contributed by atoms with E-state index in [9.17, 15) is 10.1 Å². The highest BCUT2D eigenvalue weighted by Crippen LogP contribution is 2.41. The molecule has 37 heavy (non-hydrogen) atoms. The molecule has 188 valence electrons. The lowest BCUT2D eigenvalue weighted by Gasteiger charge is -2.33. The molecule has 2 N–H and O–H groups in total. The molecule has 0 radical (unpaired) electrons. The van der Waals surface area contributed by atoms with Crippen molar-refractivity contribution in [3.8, 4) is 28.0 Å². The number of anilines is 1. The normalized spacial score (nSPS) is 19.8. The van der Waals surface area contributed by atoms with Crippen molar-refractivity contribution in [3.05, 3.63) is 47.2 Å². The van der Waals surface area contributed by atoms with Gasteiger partial charge in [0.05, 0.1) is 34.2 Å². The van der Waals surface area contributed by atoms with E-state index in [1.807, 2.05) is 30.5 Å². The molecule has 4 aromatic heterocycles. The van der Waals surface area contributed by atoms with Gasteiger partial charge in [-0.15, -0.1) is 10.2 Å². The first kappa shape index (κ1) is 23.5. The van der Waals surface area contributed by atoms with Gasteiger partial charge in [-0.1, -0.05) is 11.3 Å². The first-order valence-electron chi connectivity index (χ1n) is 12.4. The second kappa shape index (κ2) is 9.88. The fourth-order valence-corrected chi connectivity index (χ4v) is 5.93. The third-order valence-corrected chi connectivity index (χ3v) is 8.06. The molecule has 0 bridgehead atoms. The highest BCUT2D eigenvalue weighted by atomic mass is 32.1. The van der Waals surface area contributed by atoms with Crippen LogP contribution in [0.25, 0.3) is 27.5 Å². The monoisotopic (exact) mass is 514 g/mol. The Labute approximate surface area is 217 Å². The van der Waals surface area contributed by atoms with Gasteiger partial charge in [0.15, 0.2) is 5.01 Å². The summed E-state index contributed by atoms with van der Waals surface area (Å²) < 4.78 is 7.35. The van der Waals surface area contributed by atoms with Crippen LogP contribution < -0.4 is 10.6 Å². The van der Waals surface area contributed by atoms with Crippen molar-refractivity contribution in [1.82, 2.24) is 30.1 Å². The van der Waals surface area contributed by atoms with Crippen molar-refractivity contribution in [2.24, 2.45) is 0 Å². The van der Waals surface area contributed by atoms with Crippen molar-refractivity contribution in [2.45, 2.75) is 50.6 Å². The van der Waals surface area contributed by atoms with Gasteiger partial charge < -0.3 is 15.4 Å². The molecule has 2 aliphatic rings. The van der Waals surface area contributed by atoms with E-state index >= 15 is 0 Å². The number of nitriles is 1. The minimum atomic E-state index is 0.00728. The Balaban J connectivity index is 1.32. The van der Waals surface area contributed by atoms with E-state index in [0.29, 0.717) is 17.5 Å². The molecule has 0 unspecified atom stereocenters. The Bertz CT molecular complexity index is 1490. The molecule has 10 nitrogen and oxygen atoms in total. The van der Waals surface area contributed by atoms with Crippen LogP contribution in [0.5, 0.6) is 0 Å². The molecule has 1 aliphatic heterocycles. The zero-order chi connectivity index (χ0) is 25.4. The molecule has 0 spiro atoms. The van der Waals surface area contributed by atoms with Gasteiger partial charge in [-0.25, -0.2) is 4.52 Å². The molecule has 1 saturated heterocycles. The summed E-state index contributed by atoms with van der Waals surface area (Å²) >= 11 is 1.59. The van der Waals surface area contributed by atoms with E-state index in [4.69, 9.17) is 9.72 Å². The Morgan fingerprint density at radius 3 is 2.78 bits per heavy atom. The Kier molecular flexibility index (Phi) is 6.28. The summed E-state index contributed by atoms with van der Waals surface area (Å²) in [5.41, 5.74) is 4.84. The minimum Gasteiger partial charge on any atom is -0.381 e. The molecule has 2 fully saturated rings. The Morgan fingerprint density at radius 2 is 2.00 bits per heavy atom. The number of rotatable bonds is 6. The SMILES string of the molecule is CC(=O)N[C@H]1C[C@H](c2nnc(-c3cnc(-c4ccc5cc(C#N)cnn45)cc3NC3CCOCC3)s2)C1. The van der Waals surface area contributed by atoms with Crippen LogP contribution in [-0.2, 0) is 9.53 Å². The van der Waals surface area contributed by atoms with Crippen LogP contribution in [0.15, 0.2) is 36.7 Å². The van der Waals surface area contributed by atoms with Crippen LogP contribution in [0.1, 0.15) is 49.1 Å². The zero-order valence-electron chi connectivity index (χ0n) is 20.3. The summed E-state index contributed by atoms with van der Waals surface area (Å²) in [5.74, 6) is 0.326. The molecule has 4 aromatic rings. The average Bonchev–Trinajstić information content (AvgIpc) is 3.53. The van der Waals surface area contributed by atoms with Gasteiger partial charge in [0.2, 0.25) is 5.91 Å². The summed E-state index contributed by atoms with van der Waals surface area (Å²) in [6.45, 7) is 3.02. The van der Waals surface area contributed by atoms with Crippen LogP contribution in [0, 0.1) is 11.3 Å². The predicted octanol–water partition coefficient (Wildman–Crippen LogP) is 3.76. The molecule has 11 heteroatoms. The van der Waals surface area contributed by atoms with Crippen molar-refractivity contribution in [2.75, 3.05) is 18.5 Å². The van der Waals surface area contributed by atoms with Gasteiger partial charge in [-0.05, 0) is 49.9 Å². The average molecular weight is 515 g/mol. The summed E-state index contributed by atoms with van der Waals surface area (Å²) in [7, 11) is 0. The highest BCUT2D eigenvalue weighted by Gasteiger charge is 2.33. The number of fused-ring (bicyclic) bond motifs is 1. The quantitative estimate of drug-likeness (QED) is 0.398. The van der Waals surface area contributed by atoms with E-state index in [1.54, 1.807) is 29.0 Å². The highest BCUT2D eigenvalue weighted by molar-refractivity contribution is 7.14. The maximum Gasteiger partial charge on any atom is 0.217 e. The number of amides is 1. The fourth-order valence-electron chi connectivity index (χ4n) is 4.93. The molecule has 0 aromatic carbocycles. The van der Waals surface area contributed by atoms with Crippen LogP contribution in [0.3, 0.4) is 0 Å². The zero-order valence-corrected chi connectivity index (χ0v) is 21.2. The molecular weight excluding hydrogens is 488 g/mol. The first-order chi connectivity index (χ1) is 18.1. The third kappa shape index (κ3) is 4.77. The van der Waals surface area contributed by atoms with Crippen molar-refractivity contribution >= 4 is 28.4 Å².